The summed E-state index contributed by atoms with van der Waals surface area (Å²) in [5.41, 5.74) is 0. The number of ether oxygens (including phenoxy) is 1. The van der Waals surface area contributed by atoms with Gasteiger partial charge >= 0.3 is 5.97 Å². The predicted octanol–water partition coefficient (Wildman–Crippen LogP) is 2.78. The molecule has 0 aliphatic carbocycles. The molecule has 1 saturated heterocycles. The van der Waals surface area contributed by atoms with Crippen molar-refractivity contribution in [2.45, 2.75) is 37.4 Å². The molecule has 14 heavy (non-hydrogen) atoms. The van der Waals surface area contributed by atoms with Gasteiger partial charge in [0.1, 0.15) is 0 Å². The van der Waals surface area contributed by atoms with Gasteiger partial charge in [-0.25, -0.2) is 0 Å². The van der Waals surface area contributed by atoms with Crippen LogP contribution >= 0.6 is 11.8 Å². The van der Waals surface area contributed by atoms with Crippen molar-refractivity contribution in [1.29, 1.82) is 0 Å². The van der Waals surface area contributed by atoms with Gasteiger partial charge in [0.05, 0.1) is 13.5 Å². The van der Waals surface area contributed by atoms with Gasteiger partial charge in [-0.2, -0.15) is 11.8 Å². The zero-order valence-electron chi connectivity index (χ0n) is 8.70. The van der Waals surface area contributed by atoms with Gasteiger partial charge in [0.25, 0.3) is 0 Å². The first-order valence-corrected chi connectivity index (χ1v) is 6.21. The van der Waals surface area contributed by atoms with Crippen LogP contribution in [0.25, 0.3) is 0 Å². The van der Waals surface area contributed by atoms with E-state index in [0.29, 0.717) is 6.42 Å². The number of hydrogen-bond donors (Lipinski definition) is 0. The molecule has 0 spiro atoms. The fraction of sp³-hybridized carbons (Fsp3) is 0.727. The highest BCUT2D eigenvalue weighted by molar-refractivity contribution is 7.99. The highest BCUT2D eigenvalue weighted by Gasteiger charge is 2.11. The summed E-state index contributed by atoms with van der Waals surface area (Å²) in [7, 11) is 1.42. The lowest BCUT2D eigenvalue weighted by Crippen LogP contribution is -2.07. The zero-order valence-corrected chi connectivity index (χ0v) is 9.52. The first-order valence-electron chi connectivity index (χ1n) is 5.16. The molecule has 1 unspecified atom stereocenters. The molecule has 0 radical (unpaired) electrons. The third-order valence-corrected chi connectivity index (χ3v) is 3.78. The summed E-state index contributed by atoms with van der Waals surface area (Å²) < 4.78 is 4.55. The van der Waals surface area contributed by atoms with Crippen molar-refractivity contribution in [2.75, 3.05) is 12.9 Å². The average molecular weight is 214 g/mol. The van der Waals surface area contributed by atoms with Crippen LogP contribution in [-0.4, -0.2) is 24.1 Å². The van der Waals surface area contributed by atoms with Crippen molar-refractivity contribution < 1.29 is 9.53 Å². The zero-order chi connectivity index (χ0) is 10.2. The van der Waals surface area contributed by atoms with Crippen molar-refractivity contribution >= 4 is 17.7 Å². The quantitative estimate of drug-likeness (QED) is 0.531. The van der Waals surface area contributed by atoms with Gasteiger partial charge in [-0.15, -0.1) is 0 Å². The Hall–Kier alpha value is -0.440. The highest BCUT2D eigenvalue weighted by atomic mass is 32.2. The largest absolute Gasteiger partial charge is 0.469 e. The first-order chi connectivity index (χ1) is 6.83. The summed E-state index contributed by atoms with van der Waals surface area (Å²) >= 11 is 2.06. The number of thioether (sulfide) groups is 1. The molecule has 0 bridgehead atoms. The molecule has 3 heteroatoms. The molecule has 0 amide bonds. The smallest absolute Gasteiger partial charge is 0.309 e. The molecule has 1 aliphatic rings. The van der Waals surface area contributed by atoms with Crippen molar-refractivity contribution in [3.8, 4) is 0 Å². The molecule has 1 rings (SSSR count). The molecule has 0 aromatic carbocycles. The Morgan fingerprint density at radius 1 is 1.50 bits per heavy atom. The summed E-state index contributed by atoms with van der Waals surface area (Å²) in [5, 5.41) is 0.776. The molecule has 0 N–H and O–H groups in total. The maximum absolute atomic E-state index is 10.8. The van der Waals surface area contributed by atoms with E-state index in [9.17, 15) is 4.79 Å². The average Bonchev–Trinajstić information content (AvgIpc) is 2.25. The normalized spacial score (nSPS) is 22.5. The van der Waals surface area contributed by atoms with Gasteiger partial charge < -0.3 is 4.74 Å². The van der Waals surface area contributed by atoms with Crippen LogP contribution in [0.2, 0.25) is 0 Å². The summed E-state index contributed by atoms with van der Waals surface area (Å²) in [4.78, 5) is 10.8. The molecule has 80 valence electrons. The SMILES string of the molecule is COC(=O)C/C=C\CC1CCCCS1. The van der Waals surface area contributed by atoms with Crippen LogP contribution in [-0.2, 0) is 9.53 Å². The predicted molar refractivity (Wildman–Crippen MR) is 60.5 cm³/mol. The fourth-order valence-corrected chi connectivity index (χ4v) is 2.79. The molecular weight excluding hydrogens is 196 g/mol. The van der Waals surface area contributed by atoms with Gasteiger partial charge in [-0.05, 0) is 25.0 Å². The molecule has 1 atom stereocenters. The van der Waals surface area contributed by atoms with E-state index in [1.165, 1.54) is 32.1 Å². The van der Waals surface area contributed by atoms with Crippen molar-refractivity contribution in [1.82, 2.24) is 0 Å². The van der Waals surface area contributed by atoms with E-state index in [1.54, 1.807) is 0 Å². The Morgan fingerprint density at radius 2 is 2.36 bits per heavy atom. The van der Waals surface area contributed by atoms with Crippen LogP contribution in [0.15, 0.2) is 12.2 Å². The molecule has 0 aromatic heterocycles. The molecule has 2 nitrogen and oxygen atoms in total. The lowest BCUT2D eigenvalue weighted by molar-refractivity contribution is -0.139. The minimum Gasteiger partial charge on any atom is -0.469 e. The lowest BCUT2D eigenvalue weighted by Gasteiger charge is -2.19. The Labute approximate surface area is 90.1 Å². The summed E-state index contributed by atoms with van der Waals surface area (Å²) in [6.45, 7) is 0. The van der Waals surface area contributed by atoms with Crippen molar-refractivity contribution in [3.05, 3.63) is 12.2 Å². The molecular formula is C11H18O2S. The number of carbonyl (C=O) groups is 1. The number of rotatable bonds is 4. The van der Waals surface area contributed by atoms with Crippen LogP contribution in [0.3, 0.4) is 0 Å². The lowest BCUT2D eigenvalue weighted by atomic mass is 10.1. The van der Waals surface area contributed by atoms with E-state index < -0.39 is 0 Å². The number of methoxy groups -OCH3 is 1. The van der Waals surface area contributed by atoms with E-state index >= 15 is 0 Å². The second-order valence-corrected chi connectivity index (χ2v) is 4.88. The monoisotopic (exact) mass is 214 g/mol. The Kier molecular flexibility index (Phi) is 5.76. The number of carbonyl (C=O) groups excluding carboxylic acids is 1. The van der Waals surface area contributed by atoms with Gasteiger partial charge in [0.15, 0.2) is 0 Å². The second-order valence-electron chi connectivity index (χ2n) is 3.48. The summed E-state index contributed by atoms with van der Waals surface area (Å²) in [5.74, 6) is 1.15. The standard InChI is InChI=1S/C11H18O2S/c1-13-11(12)8-3-2-6-10-7-4-5-9-14-10/h2-3,10H,4-9H2,1H3/b3-2-. The molecule has 1 fully saturated rings. The molecule has 0 aromatic rings. The number of allylic oxidation sites excluding steroid dienone is 1. The van der Waals surface area contributed by atoms with Crippen molar-refractivity contribution in [3.63, 3.8) is 0 Å². The Balaban J connectivity index is 2.09. The molecule has 1 heterocycles. The van der Waals surface area contributed by atoms with Gasteiger partial charge in [-0.1, -0.05) is 18.6 Å². The first kappa shape index (κ1) is 11.6. The third kappa shape index (κ3) is 4.70. The van der Waals surface area contributed by atoms with Crippen LogP contribution in [0, 0.1) is 0 Å². The maximum atomic E-state index is 10.8. The van der Waals surface area contributed by atoms with E-state index in [4.69, 9.17) is 0 Å². The number of hydrogen-bond acceptors (Lipinski definition) is 3. The summed E-state index contributed by atoms with van der Waals surface area (Å²) in [6, 6.07) is 0. The van der Waals surface area contributed by atoms with E-state index in [0.717, 1.165) is 11.7 Å². The van der Waals surface area contributed by atoms with Gasteiger partial charge in [-0.3, -0.25) is 4.79 Å². The number of esters is 1. The van der Waals surface area contributed by atoms with E-state index in [-0.39, 0.29) is 5.97 Å². The third-order valence-electron chi connectivity index (χ3n) is 2.35. The van der Waals surface area contributed by atoms with Crippen LogP contribution in [0.5, 0.6) is 0 Å². The minimum atomic E-state index is -0.155. The molecule has 0 saturated carbocycles. The Bertz CT molecular complexity index is 195. The Morgan fingerprint density at radius 3 is 3.00 bits per heavy atom. The molecule has 1 aliphatic heterocycles. The second kappa shape index (κ2) is 6.93. The van der Waals surface area contributed by atoms with Gasteiger partial charge in [0, 0.05) is 5.25 Å². The fourth-order valence-electron chi connectivity index (χ4n) is 1.50. The van der Waals surface area contributed by atoms with Crippen LogP contribution < -0.4 is 0 Å². The highest BCUT2D eigenvalue weighted by Crippen LogP contribution is 2.27. The minimum absolute atomic E-state index is 0.155. The maximum Gasteiger partial charge on any atom is 0.309 e. The topological polar surface area (TPSA) is 26.3 Å². The summed E-state index contributed by atoms with van der Waals surface area (Å²) in [6.07, 6.45) is 9.60. The van der Waals surface area contributed by atoms with E-state index in [1.807, 2.05) is 6.08 Å². The van der Waals surface area contributed by atoms with Crippen molar-refractivity contribution in [2.24, 2.45) is 0 Å². The van der Waals surface area contributed by atoms with Gasteiger partial charge in [0.2, 0.25) is 0 Å². The van der Waals surface area contributed by atoms with Crippen LogP contribution in [0.1, 0.15) is 32.1 Å². The van der Waals surface area contributed by atoms with Crippen LogP contribution in [0.4, 0.5) is 0 Å². The van der Waals surface area contributed by atoms with E-state index in [2.05, 4.69) is 22.6 Å².